The van der Waals surface area contributed by atoms with Crippen molar-refractivity contribution >= 4 is 39.3 Å². The number of hydrogen-bond donors (Lipinski definition) is 4. The number of fused-ring (bicyclic) bond motifs is 2. The van der Waals surface area contributed by atoms with Gasteiger partial charge in [0.2, 0.25) is 11.8 Å². The SMILES string of the molecule is NCCCC(=O)NC(Cc1c[nH]c2ccccc12)C(=O)Nc1ccc2ncccc2c1. The van der Waals surface area contributed by atoms with E-state index >= 15 is 0 Å². The predicted octanol–water partition coefficient (Wildman–Crippen LogP) is 3.12. The van der Waals surface area contributed by atoms with Crippen LogP contribution in [0.5, 0.6) is 0 Å². The van der Waals surface area contributed by atoms with E-state index in [1.807, 2.05) is 60.8 Å². The van der Waals surface area contributed by atoms with Crippen molar-refractivity contribution in [1.82, 2.24) is 15.3 Å². The number of H-pyrrole nitrogens is 1. The molecule has 2 aromatic heterocycles. The molecule has 0 fully saturated rings. The van der Waals surface area contributed by atoms with Gasteiger partial charge in [0.05, 0.1) is 5.52 Å². The molecule has 0 bridgehead atoms. The van der Waals surface area contributed by atoms with Crippen LogP contribution in [0.4, 0.5) is 5.69 Å². The second-order valence-corrected chi connectivity index (χ2v) is 7.48. The molecule has 0 aliphatic rings. The largest absolute Gasteiger partial charge is 0.361 e. The van der Waals surface area contributed by atoms with Crippen LogP contribution in [0.25, 0.3) is 21.8 Å². The normalized spacial score (nSPS) is 12.0. The summed E-state index contributed by atoms with van der Waals surface area (Å²) in [7, 11) is 0. The monoisotopic (exact) mass is 415 g/mol. The van der Waals surface area contributed by atoms with Gasteiger partial charge in [0, 0.05) is 47.2 Å². The maximum atomic E-state index is 13.1. The number of para-hydroxylation sites is 1. The Morgan fingerprint density at radius 2 is 1.97 bits per heavy atom. The van der Waals surface area contributed by atoms with Gasteiger partial charge in [0.15, 0.2) is 0 Å². The third kappa shape index (κ3) is 4.90. The van der Waals surface area contributed by atoms with Crippen LogP contribution in [0.1, 0.15) is 18.4 Å². The lowest BCUT2D eigenvalue weighted by molar-refractivity contribution is -0.126. The number of nitrogens with two attached hydrogens (primary N) is 1. The number of anilines is 1. The van der Waals surface area contributed by atoms with Crippen LogP contribution < -0.4 is 16.4 Å². The molecule has 0 radical (unpaired) electrons. The molecule has 5 N–H and O–H groups in total. The van der Waals surface area contributed by atoms with E-state index in [9.17, 15) is 9.59 Å². The summed E-state index contributed by atoms with van der Waals surface area (Å²) in [5, 5.41) is 7.79. The summed E-state index contributed by atoms with van der Waals surface area (Å²) in [5.74, 6) is -0.456. The highest BCUT2D eigenvalue weighted by molar-refractivity contribution is 5.99. The van der Waals surface area contributed by atoms with Gasteiger partial charge in [-0.25, -0.2) is 0 Å². The third-order valence-corrected chi connectivity index (χ3v) is 5.23. The second kappa shape index (κ2) is 9.40. The first-order valence-electron chi connectivity index (χ1n) is 10.3. The Labute approximate surface area is 180 Å². The number of hydrogen-bond acceptors (Lipinski definition) is 4. The van der Waals surface area contributed by atoms with E-state index in [1.165, 1.54) is 0 Å². The topological polar surface area (TPSA) is 113 Å². The fraction of sp³-hybridized carbons (Fsp3) is 0.208. The van der Waals surface area contributed by atoms with Gasteiger partial charge in [-0.05, 0) is 48.9 Å². The first-order chi connectivity index (χ1) is 15.1. The molecular weight excluding hydrogens is 390 g/mol. The summed E-state index contributed by atoms with van der Waals surface area (Å²) in [6.07, 6.45) is 4.85. The molecule has 1 unspecified atom stereocenters. The molecule has 7 heteroatoms. The Bertz CT molecular complexity index is 1220. The van der Waals surface area contributed by atoms with E-state index in [4.69, 9.17) is 5.73 Å². The van der Waals surface area contributed by atoms with E-state index in [-0.39, 0.29) is 18.2 Å². The first kappa shape index (κ1) is 20.6. The number of carbonyl (C=O) groups excluding carboxylic acids is 2. The highest BCUT2D eigenvalue weighted by Gasteiger charge is 2.23. The Balaban J connectivity index is 1.55. The van der Waals surface area contributed by atoms with Gasteiger partial charge in [-0.3, -0.25) is 14.6 Å². The van der Waals surface area contributed by atoms with Crippen molar-refractivity contribution < 1.29 is 9.59 Å². The van der Waals surface area contributed by atoms with Crippen molar-refractivity contribution in [2.45, 2.75) is 25.3 Å². The average molecular weight is 415 g/mol. The van der Waals surface area contributed by atoms with Crippen LogP contribution >= 0.6 is 0 Å². The van der Waals surface area contributed by atoms with Crippen molar-refractivity contribution in [2.24, 2.45) is 5.73 Å². The molecule has 0 saturated carbocycles. The molecule has 7 nitrogen and oxygen atoms in total. The number of amides is 2. The molecule has 0 saturated heterocycles. The molecule has 4 rings (SSSR count). The predicted molar refractivity (Wildman–Crippen MR) is 123 cm³/mol. The lowest BCUT2D eigenvalue weighted by Crippen LogP contribution is -2.45. The summed E-state index contributed by atoms with van der Waals surface area (Å²) >= 11 is 0. The van der Waals surface area contributed by atoms with Crippen LogP contribution in [-0.2, 0) is 16.0 Å². The maximum Gasteiger partial charge on any atom is 0.247 e. The number of aromatic amines is 1. The zero-order valence-electron chi connectivity index (χ0n) is 17.1. The Kier molecular flexibility index (Phi) is 6.24. The number of pyridine rings is 1. The Morgan fingerprint density at radius 1 is 1.10 bits per heavy atom. The summed E-state index contributed by atoms with van der Waals surface area (Å²) in [4.78, 5) is 33.0. The minimum Gasteiger partial charge on any atom is -0.361 e. The van der Waals surface area contributed by atoms with Gasteiger partial charge in [-0.1, -0.05) is 24.3 Å². The van der Waals surface area contributed by atoms with E-state index < -0.39 is 6.04 Å². The second-order valence-electron chi connectivity index (χ2n) is 7.48. The maximum absolute atomic E-state index is 13.1. The summed E-state index contributed by atoms with van der Waals surface area (Å²) in [5.41, 5.74) is 8.99. The smallest absolute Gasteiger partial charge is 0.247 e. The van der Waals surface area contributed by atoms with E-state index in [0.717, 1.165) is 27.4 Å². The van der Waals surface area contributed by atoms with Gasteiger partial charge in [-0.2, -0.15) is 0 Å². The number of benzene rings is 2. The molecule has 0 aliphatic heterocycles. The van der Waals surface area contributed by atoms with Crippen molar-refractivity contribution in [3.8, 4) is 0 Å². The fourth-order valence-corrected chi connectivity index (χ4v) is 3.64. The van der Waals surface area contributed by atoms with Gasteiger partial charge < -0.3 is 21.4 Å². The minimum absolute atomic E-state index is 0.187. The van der Waals surface area contributed by atoms with Crippen molar-refractivity contribution in [3.05, 3.63) is 72.6 Å². The molecule has 158 valence electrons. The molecule has 2 aromatic carbocycles. The lowest BCUT2D eigenvalue weighted by Gasteiger charge is -2.19. The Hall–Kier alpha value is -3.71. The quantitative estimate of drug-likeness (QED) is 0.354. The van der Waals surface area contributed by atoms with Gasteiger partial charge >= 0.3 is 0 Å². The Morgan fingerprint density at radius 3 is 2.84 bits per heavy atom. The number of nitrogens with one attached hydrogen (secondary N) is 3. The molecule has 4 aromatic rings. The van der Waals surface area contributed by atoms with E-state index in [0.29, 0.717) is 25.1 Å². The van der Waals surface area contributed by atoms with Crippen molar-refractivity contribution in [1.29, 1.82) is 0 Å². The molecule has 1 atom stereocenters. The number of carbonyl (C=O) groups is 2. The standard InChI is InChI=1S/C24H25N5O2/c25-11-3-8-23(30)29-22(14-17-15-27-21-7-2-1-6-19(17)21)24(31)28-18-9-10-20-16(13-18)5-4-12-26-20/h1-2,4-7,9-10,12-13,15,22,27H,3,8,11,14,25H2,(H,28,31)(H,29,30). The highest BCUT2D eigenvalue weighted by Crippen LogP contribution is 2.21. The molecule has 0 spiro atoms. The number of rotatable bonds is 8. The number of nitrogens with zero attached hydrogens (tertiary/aromatic N) is 1. The fourth-order valence-electron chi connectivity index (χ4n) is 3.64. The molecule has 2 amide bonds. The van der Waals surface area contributed by atoms with Gasteiger partial charge in [-0.15, -0.1) is 0 Å². The molecule has 0 aliphatic carbocycles. The van der Waals surface area contributed by atoms with E-state index in [1.54, 1.807) is 6.20 Å². The van der Waals surface area contributed by atoms with Crippen LogP contribution in [0.3, 0.4) is 0 Å². The van der Waals surface area contributed by atoms with Crippen LogP contribution in [0.15, 0.2) is 67.0 Å². The van der Waals surface area contributed by atoms with Crippen LogP contribution in [-0.4, -0.2) is 34.4 Å². The minimum atomic E-state index is -0.714. The summed E-state index contributed by atoms with van der Waals surface area (Å²) in [6.45, 7) is 0.428. The molecule has 2 heterocycles. The molecular formula is C24H25N5O2. The van der Waals surface area contributed by atoms with Crippen LogP contribution in [0.2, 0.25) is 0 Å². The molecule has 31 heavy (non-hydrogen) atoms. The van der Waals surface area contributed by atoms with Crippen molar-refractivity contribution in [2.75, 3.05) is 11.9 Å². The van der Waals surface area contributed by atoms with Gasteiger partial charge in [0.25, 0.3) is 0 Å². The highest BCUT2D eigenvalue weighted by atomic mass is 16.2. The third-order valence-electron chi connectivity index (χ3n) is 5.23. The zero-order chi connectivity index (χ0) is 21.6. The number of aromatic nitrogens is 2. The average Bonchev–Trinajstić information content (AvgIpc) is 3.20. The summed E-state index contributed by atoms with van der Waals surface area (Å²) in [6, 6.07) is 16.5. The van der Waals surface area contributed by atoms with E-state index in [2.05, 4.69) is 20.6 Å². The lowest BCUT2D eigenvalue weighted by atomic mass is 10.0. The van der Waals surface area contributed by atoms with Gasteiger partial charge in [0.1, 0.15) is 6.04 Å². The zero-order valence-corrected chi connectivity index (χ0v) is 17.1. The summed E-state index contributed by atoms with van der Waals surface area (Å²) < 4.78 is 0. The first-order valence-corrected chi connectivity index (χ1v) is 10.3. The van der Waals surface area contributed by atoms with Crippen molar-refractivity contribution in [3.63, 3.8) is 0 Å². The van der Waals surface area contributed by atoms with Crippen LogP contribution in [0, 0.1) is 0 Å².